The molecule has 0 aliphatic rings. The summed E-state index contributed by atoms with van der Waals surface area (Å²) in [5.74, 6) is 0.636. The fraction of sp³-hybridized carbons (Fsp3) is 1.00. The second-order valence-corrected chi connectivity index (χ2v) is 2.50. The maximum Gasteiger partial charge on any atom is 0.327 e. The number of hydrogen-bond acceptors (Lipinski definition) is 2. The molecule has 0 unspecified atom stereocenters. The molecular weight excluding hydrogens is 123 g/mol. The summed E-state index contributed by atoms with van der Waals surface area (Å²) < 4.78 is 14.2. The van der Waals surface area contributed by atoms with Crippen molar-refractivity contribution in [3.8, 4) is 0 Å². The maximum absolute atomic E-state index is 9.66. The van der Waals surface area contributed by atoms with E-state index in [1.165, 1.54) is 0 Å². The normalized spacial score (nSPS) is 10.9. The summed E-state index contributed by atoms with van der Waals surface area (Å²) in [6.45, 7) is 4.80. The topological polar surface area (TPSA) is 26.3 Å². The predicted molar refractivity (Wildman–Crippen MR) is 33.0 cm³/mol. The van der Waals surface area contributed by atoms with Gasteiger partial charge in [-0.3, -0.25) is 4.52 Å². The van der Waals surface area contributed by atoms with E-state index in [9.17, 15) is 4.57 Å². The minimum absolute atomic E-state index is 0.200. The minimum atomic E-state index is -0.200. The molecule has 0 aromatic rings. The summed E-state index contributed by atoms with van der Waals surface area (Å²) in [4.78, 5) is 0. The SMILES string of the molecule is CC(C)CCOP=O. The van der Waals surface area contributed by atoms with E-state index in [1.807, 2.05) is 0 Å². The van der Waals surface area contributed by atoms with Crippen LogP contribution in [0, 0.1) is 5.92 Å². The number of rotatable bonds is 4. The van der Waals surface area contributed by atoms with Crippen LogP contribution in [0.5, 0.6) is 0 Å². The summed E-state index contributed by atoms with van der Waals surface area (Å²) in [5, 5.41) is 0. The Morgan fingerprint density at radius 2 is 2.25 bits per heavy atom. The van der Waals surface area contributed by atoms with Crippen molar-refractivity contribution < 1.29 is 9.09 Å². The average Bonchev–Trinajstić information content (AvgIpc) is 1.66. The summed E-state index contributed by atoms with van der Waals surface area (Å²) in [5.41, 5.74) is 0. The Morgan fingerprint density at radius 1 is 1.62 bits per heavy atom. The van der Waals surface area contributed by atoms with Gasteiger partial charge in [-0.05, 0) is 12.3 Å². The Hall–Kier alpha value is 0.0600. The van der Waals surface area contributed by atoms with Crippen LogP contribution in [0.4, 0.5) is 0 Å². The molecule has 0 aromatic carbocycles. The first-order chi connectivity index (χ1) is 3.77. The Labute approximate surface area is 51.5 Å². The first-order valence-corrected chi connectivity index (χ1v) is 3.45. The zero-order chi connectivity index (χ0) is 6.41. The van der Waals surface area contributed by atoms with Crippen molar-refractivity contribution in [2.45, 2.75) is 20.3 Å². The third-order valence-corrected chi connectivity index (χ3v) is 1.13. The largest absolute Gasteiger partial charge is 0.327 e. The zero-order valence-corrected chi connectivity index (χ0v) is 6.15. The fourth-order valence-corrected chi connectivity index (χ4v) is 0.506. The molecule has 0 aliphatic carbocycles. The molecule has 0 saturated heterocycles. The van der Waals surface area contributed by atoms with Crippen molar-refractivity contribution in [1.29, 1.82) is 0 Å². The van der Waals surface area contributed by atoms with Crippen molar-refractivity contribution >= 4 is 8.69 Å². The van der Waals surface area contributed by atoms with E-state index in [4.69, 9.17) is 0 Å². The van der Waals surface area contributed by atoms with E-state index < -0.39 is 0 Å². The molecule has 0 saturated carbocycles. The molecule has 0 aliphatic heterocycles. The quantitative estimate of drug-likeness (QED) is 0.435. The second kappa shape index (κ2) is 5.20. The molecule has 2 nitrogen and oxygen atoms in total. The van der Waals surface area contributed by atoms with Gasteiger partial charge in [0, 0.05) is 0 Å². The second-order valence-electron chi connectivity index (χ2n) is 2.09. The molecule has 0 radical (unpaired) electrons. The van der Waals surface area contributed by atoms with Gasteiger partial charge in [0.2, 0.25) is 0 Å². The highest BCUT2D eigenvalue weighted by atomic mass is 31.1. The van der Waals surface area contributed by atoms with Crippen LogP contribution < -0.4 is 0 Å². The van der Waals surface area contributed by atoms with Crippen LogP contribution in [0.2, 0.25) is 0 Å². The Bertz CT molecular complexity index is 63.4. The Morgan fingerprint density at radius 3 is 2.62 bits per heavy atom. The van der Waals surface area contributed by atoms with Gasteiger partial charge >= 0.3 is 8.69 Å². The molecule has 0 N–H and O–H groups in total. The first kappa shape index (κ1) is 8.06. The van der Waals surface area contributed by atoms with E-state index in [0.29, 0.717) is 12.5 Å². The standard InChI is InChI=1S/C5H11O2P/c1-5(2)3-4-7-8-6/h5H,3-4H2,1-2H3. The van der Waals surface area contributed by atoms with Crippen molar-refractivity contribution in [2.75, 3.05) is 6.61 Å². The molecule has 0 aromatic heterocycles. The molecule has 8 heavy (non-hydrogen) atoms. The van der Waals surface area contributed by atoms with E-state index in [0.717, 1.165) is 6.42 Å². The average molecular weight is 134 g/mol. The van der Waals surface area contributed by atoms with Crippen molar-refractivity contribution in [3.05, 3.63) is 0 Å². The lowest BCUT2D eigenvalue weighted by atomic mass is 10.2. The van der Waals surface area contributed by atoms with Gasteiger partial charge in [0.1, 0.15) is 0 Å². The monoisotopic (exact) mass is 134 g/mol. The van der Waals surface area contributed by atoms with E-state index in [2.05, 4.69) is 18.4 Å². The highest BCUT2D eigenvalue weighted by Gasteiger charge is 1.91. The van der Waals surface area contributed by atoms with Gasteiger partial charge in [-0.25, -0.2) is 4.57 Å². The maximum atomic E-state index is 9.66. The molecule has 48 valence electrons. The molecule has 0 fully saturated rings. The van der Waals surface area contributed by atoms with Crippen LogP contribution in [0.1, 0.15) is 20.3 Å². The summed E-state index contributed by atoms with van der Waals surface area (Å²) in [7, 11) is -0.200. The molecule has 0 atom stereocenters. The van der Waals surface area contributed by atoms with Gasteiger partial charge in [0.05, 0.1) is 6.61 Å². The molecule has 0 bridgehead atoms. The number of hydrogen-bond donors (Lipinski definition) is 0. The van der Waals surface area contributed by atoms with Crippen LogP contribution in [0.3, 0.4) is 0 Å². The predicted octanol–water partition coefficient (Wildman–Crippen LogP) is 2.26. The van der Waals surface area contributed by atoms with Crippen LogP contribution in [-0.4, -0.2) is 6.61 Å². The van der Waals surface area contributed by atoms with Gasteiger partial charge in [0.25, 0.3) is 0 Å². The lowest BCUT2D eigenvalue weighted by molar-refractivity contribution is 0.312. The fourth-order valence-electron chi connectivity index (χ4n) is 0.326. The highest BCUT2D eigenvalue weighted by Crippen LogP contribution is 2.02. The van der Waals surface area contributed by atoms with Crippen LogP contribution in [0.15, 0.2) is 0 Å². The zero-order valence-electron chi connectivity index (χ0n) is 5.26. The van der Waals surface area contributed by atoms with Gasteiger partial charge < -0.3 is 0 Å². The van der Waals surface area contributed by atoms with Crippen molar-refractivity contribution in [2.24, 2.45) is 5.92 Å². The van der Waals surface area contributed by atoms with Crippen LogP contribution >= 0.6 is 8.69 Å². The summed E-state index contributed by atoms with van der Waals surface area (Å²) >= 11 is 0. The van der Waals surface area contributed by atoms with E-state index >= 15 is 0 Å². The summed E-state index contributed by atoms with van der Waals surface area (Å²) in [6.07, 6.45) is 0.981. The molecule has 0 heterocycles. The lowest BCUT2D eigenvalue weighted by Gasteiger charge is -1.98. The minimum Gasteiger partial charge on any atom is -0.294 e. The molecule has 0 amide bonds. The molecule has 0 rings (SSSR count). The van der Waals surface area contributed by atoms with Crippen LogP contribution in [0.25, 0.3) is 0 Å². The van der Waals surface area contributed by atoms with Gasteiger partial charge in [0.15, 0.2) is 0 Å². The highest BCUT2D eigenvalue weighted by molar-refractivity contribution is 7.17. The molecule has 3 heteroatoms. The van der Waals surface area contributed by atoms with Crippen molar-refractivity contribution in [1.82, 2.24) is 0 Å². The third-order valence-electron chi connectivity index (χ3n) is 0.839. The van der Waals surface area contributed by atoms with Crippen LogP contribution in [-0.2, 0) is 9.09 Å². The lowest BCUT2D eigenvalue weighted by Crippen LogP contribution is -1.91. The van der Waals surface area contributed by atoms with E-state index in [-0.39, 0.29) is 8.69 Å². The van der Waals surface area contributed by atoms with E-state index in [1.54, 1.807) is 0 Å². The van der Waals surface area contributed by atoms with Gasteiger partial charge in [-0.2, -0.15) is 0 Å². The smallest absolute Gasteiger partial charge is 0.294 e. The van der Waals surface area contributed by atoms with Gasteiger partial charge in [-0.1, -0.05) is 13.8 Å². The Balaban J connectivity index is 2.81. The van der Waals surface area contributed by atoms with Crippen molar-refractivity contribution in [3.63, 3.8) is 0 Å². The molecule has 0 spiro atoms. The third kappa shape index (κ3) is 6.06. The van der Waals surface area contributed by atoms with Gasteiger partial charge in [-0.15, -0.1) is 0 Å². The molecular formula is C5H11O2P. The first-order valence-electron chi connectivity index (χ1n) is 2.72. The summed E-state index contributed by atoms with van der Waals surface area (Å²) in [6, 6.07) is 0. The Kier molecular flexibility index (Phi) is 5.24.